The Kier molecular flexibility index (Phi) is 6.45. The number of hydrogen-bond acceptors (Lipinski definition) is 7. The molecule has 3 heterocycles. The van der Waals surface area contributed by atoms with Crippen molar-refractivity contribution in [3.05, 3.63) is 52.5 Å². The van der Waals surface area contributed by atoms with Crippen molar-refractivity contribution in [2.24, 2.45) is 0 Å². The van der Waals surface area contributed by atoms with E-state index in [1.54, 1.807) is 34.0 Å². The van der Waals surface area contributed by atoms with E-state index in [0.717, 1.165) is 23.6 Å². The third-order valence-corrected chi connectivity index (χ3v) is 8.47. The van der Waals surface area contributed by atoms with Gasteiger partial charge in [-0.2, -0.15) is 4.31 Å². The van der Waals surface area contributed by atoms with Crippen molar-refractivity contribution in [2.45, 2.75) is 11.1 Å². The van der Waals surface area contributed by atoms with Crippen LogP contribution < -0.4 is 4.74 Å². The van der Waals surface area contributed by atoms with Crippen molar-refractivity contribution in [3.8, 4) is 17.1 Å². The van der Waals surface area contributed by atoms with Crippen LogP contribution in [0.15, 0.2) is 50.5 Å². The molecule has 160 valence electrons. The SMILES string of the molecule is Cc1cc(-c2csc(S(=O)(=O)N3CCN(CCOc4ccc(Cl)cc4)CC3)c2)on1. The van der Waals surface area contributed by atoms with Gasteiger partial charge in [0, 0.05) is 54.8 Å². The Hall–Kier alpha value is -1.91. The fraction of sp³-hybridized carbons (Fsp3) is 0.350. The zero-order valence-electron chi connectivity index (χ0n) is 16.5. The topological polar surface area (TPSA) is 75.9 Å². The Morgan fingerprint density at radius 3 is 2.57 bits per heavy atom. The summed E-state index contributed by atoms with van der Waals surface area (Å²) in [6.07, 6.45) is 0. The van der Waals surface area contributed by atoms with Crippen LogP contribution in [0.3, 0.4) is 0 Å². The summed E-state index contributed by atoms with van der Waals surface area (Å²) < 4.78 is 38.8. The van der Waals surface area contributed by atoms with Crippen molar-refractivity contribution in [2.75, 3.05) is 39.3 Å². The Bertz CT molecular complexity index is 1090. The summed E-state index contributed by atoms with van der Waals surface area (Å²) in [5.41, 5.74) is 1.49. The van der Waals surface area contributed by atoms with Crippen molar-refractivity contribution in [3.63, 3.8) is 0 Å². The molecular formula is C20H22ClN3O4S2. The van der Waals surface area contributed by atoms with E-state index < -0.39 is 10.0 Å². The van der Waals surface area contributed by atoms with Gasteiger partial charge in [0.15, 0.2) is 5.76 Å². The summed E-state index contributed by atoms with van der Waals surface area (Å²) in [6.45, 7) is 5.36. The van der Waals surface area contributed by atoms with E-state index in [1.807, 2.05) is 19.1 Å². The molecule has 0 bridgehead atoms. The number of benzene rings is 1. The van der Waals surface area contributed by atoms with Crippen molar-refractivity contribution in [1.29, 1.82) is 0 Å². The zero-order chi connectivity index (χ0) is 21.1. The van der Waals surface area contributed by atoms with Crippen molar-refractivity contribution < 1.29 is 17.7 Å². The molecule has 0 atom stereocenters. The van der Waals surface area contributed by atoms with E-state index in [2.05, 4.69) is 10.1 Å². The molecule has 10 heteroatoms. The first-order chi connectivity index (χ1) is 14.4. The average molecular weight is 468 g/mol. The quantitative estimate of drug-likeness (QED) is 0.526. The third kappa shape index (κ3) is 4.87. The Balaban J connectivity index is 1.30. The molecule has 1 saturated heterocycles. The normalized spacial score (nSPS) is 16.1. The van der Waals surface area contributed by atoms with Crippen LogP contribution in [0.25, 0.3) is 11.3 Å². The van der Waals surface area contributed by atoms with Gasteiger partial charge in [-0.05, 0) is 37.3 Å². The van der Waals surface area contributed by atoms with Gasteiger partial charge in [-0.15, -0.1) is 11.3 Å². The number of rotatable bonds is 7. The largest absolute Gasteiger partial charge is 0.492 e. The fourth-order valence-corrected chi connectivity index (χ4v) is 6.09. The molecule has 0 amide bonds. The molecule has 3 aromatic rings. The number of hydrogen-bond donors (Lipinski definition) is 0. The smallest absolute Gasteiger partial charge is 0.252 e. The maximum absolute atomic E-state index is 13.0. The lowest BCUT2D eigenvalue weighted by Crippen LogP contribution is -2.49. The third-order valence-electron chi connectivity index (χ3n) is 4.90. The minimum absolute atomic E-state index is 0.325. The number of piperazine rings is 1. The van der Waals surface area contributed by atoms with Gasteiger partial charge in [0.05, 0.1) is 5.69 Å². The number of thiophene rings is 1. The van der Waals surface area contributed by atoms with Crippen molar-refractivity contribution in [1.82, 2.24) is 14.4 Å². The second-order valence-corrected chi connectivity index (χ2v) is 10.5. The van der Waals surface area contributed by atoms with Crippen LogP contribution in [0.2, 0.25) is 5.02 Å². The number of sulfonamides is 1. The number of aryl methyl sites for hydroxylation is 1. The van der Waals surface area contributed by atoms with Gasteiger partial charge in [-0.1, -0.05) is 16.8 Å². The van der Waals surface area contributed by atoms with Crippen LogP contribution in [0, 0.1) is 6.92 Å². The number of halogens is 1. The second kappa shape index (κ2) is 9.07. The fourth-order valence-electron chi connectivity index (χ4n) is 3.22. The molecule has 4 rings (SSSR count). The first-order valence-corrected chi connectivity index (χ1v) is 12.2. The lowest BCUT2D eigenvalue weighted by Gasteiger charge is -2.33. The summed E-state index contributed by atoms with van der Waals surface area (Å²) in [7, 11) is -3.51. The van der Waals surface area contributed by atoms with Crippen LogP contribution in [-0.4, -0.2) is 62.1 Å². The molecule has 1 aliphatic rings. The average Bonchev–Trinajstić information content (AvgIpc) is 3.39. The number of aromatic nitrogens is 1. The molecule has 0 N–H and O–H groups in total. The summed E-state index contributed by atoms with van der Waals surface area (Å²) in [5, 5.41) is 6.32. The highest BCUT2D eigenvalue weighted by Crippen LogP contribution is 2.31. The molecule has 1 aromatic carbocycles. The van der Waals surface area contributed by atoms with E-state index in [0.29, 0.717) is 47.8 Å². The highest BCUT2D eigenvalue weighted by molar-refractivity contribution is 7.91. The molecule has 1 fully saturated rings. The molecular weight excluding hydrogens is 446 g/mol. The first kappa shape index (κ1) is 21.3. The van der Waals surface area contributed by atoms with E-state index in [-0.39, 0.29) is 0 Å². The van der Waals surface area contributed by atoms with Crippen LogP contribution in [0.4, 0.5) is 0 Å². The van der Waals surface area contributed by atoms with Crippen LogP contribution in [0.1, 0.15) is 5.69 Å². The molecule has 0 radical (unpaired) electrons. The molecule has 0 unspecified atom stereocenters. The zero-order valence-corrected chi connectivity index (χ0v) is 18.8. The number of ether oxygens (including phenoxy) is 1. The Morgan fingerprint density at radius 2 is 1.90 bits per heavy atom. The maximum Gasteiger partial charge on any atom is 0.252 e. The van der Waals surface area contributed by atoms with Gasteiger partial charge < -0.3 is 9.26 Å². The van der Waals surface area contributed by atoms with Gasteiger partial charge in [0.1, 0.15) is 16.6 Å². The molecule has 30 heavy (non-hydrogen) atoms. The second-order valence-electron chi connectivity index (χ2n) is 7.04. The molecule has 0 saturated carbocycles. The van der Waals surface area contributed by atoms with E-state index in [4.69, 9.17) is 20.9 Å². The molecule has 7 nitrogen and oxygen atoms in total. The summed E-state index contributed by atoms with van der Waals surface area (Å²) in [5.74, 6) is 1.35. The molecule has 0 spiro atoms. The lowest BCUT2D eigenvalue weighted by molar-refractivity contribution is 0.159. The van der Waals surface area contributed by atoms with Gasteiger partial charge >= 0.3 is 0 Å². The summed E-state index contributed by atoms with van der Waals surface area (Å²) in [6, 6.07) is 10.7. The standard InChI is InChI=1S/C20H22ClN3O4S2/c1-15-12-19(28-22-15)16-13-20(29-14-16)30(25,26)24-8-6-23(7-9-24)10-11-27-18-4-2-17(21)3-5-18/h2-5,12-14H,6-11H2,1H3. The van der Waals surface area contributed by atoms with Gasteiger partial charge in [0.2, 0.25) is 0 Å². The van der Waals surface area contributed by atoms with E-state index in [9.17, 15) is 8.42 Å². The van der Waals surface area contributed by atoms with E-state index in [1.165, 1.54) is 11.3 Å². The van der Waals surface area contributed by atoms with Gasteiger partial charge in [-0.25, -0.2) is 8.42 Å². The van der Waals surface area contributed by atoms with Gasteiger partial charge in [0.25, 0.3) is 10.0 Å². The minimum Gasteiger partial charge on any atom is -0.492 e. The van der Waals surface area contributed by atoms with Gasteiger partial charge in [-0.3, -0.25) is 4.90 Å². The Morgan fingerprint density at radius 1 is 1.17 bits per heavy atom. The van der Waals surface area contributed by atoms with Crippen molar-refractivity contribution >= 4 is 33.0 Å². The van der Waals surface area contributed by atoms with Crippen LogP contribution in [0.5, 0.6) is 5.75 Å². The predicted molar refractivity (Wildman–Crippen MR) is 117 cm³/mol. The predicted octanol–water partition coefficient (Wildman–Crippen LogP) is 3.75. The molecule has 0 aliphatic carbocycles. The monoisotopic (exact) mass is 467 g/mol. The maximum atomic E-state index is 13.0. The Labute approximate surface area is 184 Å². The first-order valence-electron chi connectivity index (χ1n) is 9.55. The molecule has 2 aromatic heterocycles. The minimum atomic E-state index is -3.51. The summed E-state index contributed by atoms with van der Waals surface area (Å²) >= 11 is 7.08. The highest BCUT2D eigenvalue weighted by Gasteiger charge is 2.30. The lowest BCUT2D eigenvalue weighted by atomic mass is 10.2. The highest BCUT2D eigenvalue weighted by atomic mass is 35.5. The summed E-state index contributed by atoms with van der Waals surface area (Å²) in [4.78, 5) is 2.21. The van der Waals surface area contributed by atoms with Crippen LogP contribution in [-0.2, 0) is 10.0 Å². The molecule has 1 aliphatic heterocycles. The van der Waals surface area contributed by atoms with E-state index >= 15 is 0 Å². The van der Waals surface area contributed by atoms with Crippen LogP contribution >= 0.6 is 22.9 Å². The number of nitrogens with zero attached hydrogens (tertiary/aromatic N) is 3.